The van der Waals surface area contributed by atoms with E-state index in [1.807, 2.05) is 18.2 Å². The second-order valence-corrected chi connectivity index (χ2v) is 3.83. The van der Waals surface area contributed by atoms with E-state index in [0.29, 0.717) is 11.9 Å². The highest BCUT2D eigenvalue weighted by atomic mass is 19.1. The summed E-state index contributed by atoms with van der Waals surface area (Å²) in [6, 6.07) is 10.6. The predicted octanol–water partition coefficient (Wildman–Crippen LogP) is 3.07. The van der Waals surface area contributed by atoms with Gasteiger partial charge in [0.15, 0.2) is 0 Å². The van der Waals surface area contributed by atoms with E-state index in [4.69, 9.17) is 5.73 Å². The average molecular weight is 227 g/mol. The third-order valence-corrected chi connectivity index (χ3v) is 2.60. The molecule has 0 heterocycles. The third-order valence-electron chi connectivity index (χ3n) is 2.60. The first-order chi connectivity index (χ1) is 8.33. The van der Waals surface area contributed by atoms with Crippen LogP contribution >= 0.6 is 0 Å². The summed E-state index contributed by atoms with van der Waals surface area (Å²) in [5, 5.41) is 1.49. The van der Waals surface area contributed by atoms with Crippen LogP contribution in [0.4, 0.5) is 4.39 Å². The molecule has 0 spiro atoms. The van der Waals surface area contributed by atoms with Crippen LogP contribution in [0.2, 0.25) is 0 Å². The molecule has 86 valence electrons. The van der Waals surface area contributed by atoms with Gasteiger partial charge in [0.05, 0.1) is 0 Å². The Morgan fingerprint density at radius 2 is 1.82 bits per heavy atom. The van der Waals surface area contributed by atoms with E-state index in [0.717, 1.165) is 23.8 Å². The minimum atomic E-state index is -0.201. The van der Waals surface area contributed by atoms with Gasteiger partial charge in [-0.15, -0.1) is 0 Å². The lowest BCUT2D eigenvalue weighted by molar-refractivity contribution is 0.640. The number of unbranched alkanes of at least 4 members (excludes halogenated alkanes) is 1. The summed E-state index contributed by atoms with van der Waals surface area (Å²) in [5.74, 6) is 5.94. The summed E-state index contributed by atoms with van der Waals surface area (Å²) >= 11 is 0. The minimum absolute atomic E-state index is 0.201. The third kappa shape index (κ3) is 2.64. The maximum atomic E-state index is 13.5. The first-order valence-corrected chi connectivity index (χ1v) is 5.69. The van der Waals surface area contributed by atoms with Crippen molar-refractivity contribution in [2.45, 2.75) is 12.8 Å². The molecule has 0 unspecified atom stereocenters. The van der Waals surface area contributed by atoms with E-state index in [-0.39, 0.29) is 5.82 Å². The van der Waals surface area contributed by atoms with E-state index in [9.17, 15) is 4.39 Å². The molecule has 2 N–H and O–H groups in total. The predicted molar refractivity (Wildman–Crippen MR) is 69.1 cm³/mol. The van der Waals surface area contributed by atoms with Gasteiger partial charge in [-0.05, 0) is 25.1 Å². The molecule has 0 saturated carbocycles. The van der Waals surface area contributed by atoms with Crippen LogP contribution < -0.4 is 5.73 Å². The Balaban J connectivity index is 2.40. The van der Waals surface area contributed by atoms with Gasteiger partial charge in [0, 0.05) is 22.8 Å². The van der Waals surface area contributed by atoms with Crippen LogP contribution in [0.15, 0.2) is 36.4 Å². The Morgan fingerprint density at radius 3 is 2.59 bits per heavy atom. The molecule has 0 fully saturated rings. The summed E-state index contributed by atoms with van der Waals surface area (Å²) in [6.07, 6.45) is 1.67. The fraction of sp³-hybridized carbons (Fsp3) is 0.200. The van der Waals surface area contributed by atoms with Gasteiger partial charge in [-0.25, -0.2) is 4.39 Å². The van der Waals surface area contributed by atoms with Gasteiger partial charge in [0.25, 0.3) is 0 Å². The Labute approximate surface area is 100 Å². The van der Waals surface area contributed by atoms with Crippen molar-refractivity contribution in [3.8, 4) is 11.8 Å². The monoisotopic (exact) mass is 227 g/mol. The number of benzene rings is 2. The zero-order valence-electron chi connectivity index (χ0n) is 9.54. The number of nitrogens with two attached hydrogens (primary N) is 1. The fourth-order valence-corrected chi connectivity index (χ4v) is 1.72. The van der Waals surface area contributed by atoms with Crippen LogP contribution in [0.25, 0.3) is 10.8 Å². The molecule has 0 amide bonds. The molecule has 2 aromatic rings. The highest BCUT2D eigenvalue weighted by Gasteiger charge is 2.02. The summed E-state index contributed by atoms with van der Waals surface area (Å²) in [4.78, 5) is 0. The van der Waals surface area contributed by atoms with Crippen molar-refractivity contribution in [3.63, 3.8) is 0 Å². The van der Waals surface area contributed by atoms with Gasteiger partial charge in [-0.1, -0.05) is 36.1 Å². The molecule has 0 atom stereocenters. The summed E-state index contributed by atoms with van der Waals surface area (Å²) < 4.78 is 13.5. The second kappa shape index (κ2) is 5.47. The summed E-state index contributed by atoms with van der Waals surface area (Å²) in [5.41, 5.74) is 6.28. The van der Waals surface area contributed by atoms with Gasteiger partial charge in [-0.3, -0.25) is 0 Å². The average Bonchev–Trinajstić information content (AvgIpc) is 2.37. The van der Waals surface area contributed by atoms with Crippen molar-refractivity contribution in [2.75, 3.05) is 6.54 Å². The SMILES string of the molecule is NCCCC#Cc1ccc(F)c2ccccc12. The Kier molecular flexibility index (Phi) is 3.74. The van der Waals surface area contributed by atoms with E-state index in [2.05, 4.69) is 11.8 Å². The molecule has 0 saturated heterocycles. The number of hydrogen-bond donors (Lipinski definition) is 1. The number of halogens is 1. The zero-order chi connectivity index (χ0) is 12.1. The lowest BCUT2D eigenvalue weighted by atomic mass is 10.0. The van der Waals surface area contributed by atoms with Gasteiger partial charge >= 0.3 is 0 Å². The van der Waals surface area contributed by atoms with Crippen LogP contribution in [0, 0.1) is 17.7 Å². The standard InChI is InChI=1S/C15H14FN/c16-15-10-9-12(6-2-1-5-11-17)13-7-3-4-8-14(13)15/h3-4,7-10H,1,5,11,17H2. The molecule has 0 aliphatic rings. The first kappa shape index (κ1) is 11.6. The van der Waals surface area contributed by atoms with Crippen molar-refractivity contribution in [1.29, 1.82) is 0 Å². The van der Waals surface area contributed by atoms with Gasteiger partial charge in [-0.2, -0.15) is 0 Å². The van der Waals surface area contributed by atoms with Crippen LogP contribution in [0.1, 0.15) is 18.4 Å². The molecular formula is C15H14FN. The minimum Gasteiger partial charge on any atom is -0.330 e. The molecule has 2 heteroatoms. The zero-order valence-corrected chi connectivity index (χ0v) is 9.54. The van der Waals surface area contributed by atoms with E-state index >= 15 is 0 Å². The second-order valence-electron chi connectivity index (χ2n) is 3.83. The van der Waals surface area contributed by atoms with Crippen molar-refractivity contribution >= 4 is 10.8 Å². The van der Waals surface area contributed by atoms with Crippen LogP contribution in [0.5, 0.6) is 0 Å². The molecule has 2 aromatic carbocycles. The van der Waals surface area contributed by atoms with Crippen molar-refractivity contribution in [3.05, 3.63) is 47.8 Å². The molecule has 0 aliphatic heterocycles. The maximum absolute atomic E-state index is 13.5. The van der Waals surface area contributed by atoms with Gasteiger partial charge < -0.3 is 5.73 Å². The van der Waals surface area contributed by atoms with E-state index in [1.54, 1.807) is 12.1 Å². The van der Waals surface area contributed by atoms with Gasteiger partial charge in [0.2, 0.25) is 0 Å². The molecular weight excluding hydrogens is 213 g/mol. The fourth-order valence-electron chi connectivity index (χ4n) is 1.72. The number of rotatable bonds is 2. The molecule has 1 nitrogen and oxygen atoms in total. The maximum Gasteiger partial charge on any atom is 0.131 e. The highest BCUT2D eigenvalue weighted by Crippen LogP contribution is 2.20. The Bertz CT molecular complexity index is 578. The van der Waals surface area contributed by atoms with Crippen LogP contribution in [0.3, 0.4) is 0 Å². The molecule has 0 aromatic heterocycles. The largest absolute Gasteiger partial charge is 0.330 e. The summed E-state index contributed by atoms with van der Waals surface area (Å²) in [6.45, 7) is 0.652. The molecule has 0 aliphatic carbocycles. The van der Waals surface area contributed by atoms with Crippen molar-refractivity contribution < 1.29 is 4.39 Å². The van der Waals surface area contributed by atoms with E-state index in [1.165, 1.54) is 6.07 Å². The lowest BCUT2D eigenvalue weighted by Crippen LogP contribution is -1.96. The molecule has 17 heavy (non-hydrogen) atoms. The normalized spacial score (nSPS) is 10.0. The van der Waals surface area contributed by atoms with Crippen LogP contribution in [-0.2, 0) is 0 Å². The van der Waals surface area contributed by atoms with Crippen molar-refractivity contribution in [2.24, 2.45) is 5.73 Å². The Morgan fingerprint density at radius 1 is 1.06 bits per heavy atom. The topological polar surface area (TPSA) is 26.0 Å². The number of hydrogen-bond acceptors (Lipinski definition) is 1. The smallest absolute Gasteiger partial charge is 0.131 e. The van der Waals surface area contributed by atoms with E-state index < -0.39 is 0 Å². The highest BCUT2D eigenvalue weighted by molar-refractivity contribution is 5.88. The number of fused-ring (bicyclic) bond motifs is 1. The Hall–Kier alpha value is -1.85. The van der Waals surface area contributed by atoms with Gasteiger partial charge in [0.1, 0.15) is 5.82 Å². The molecule has 0 radical (unpaired) electrons. The first-order valence-electron chi connectivity index (χ1n) is 5.69. The van der Waals surface area contributed by atoms with Crippen LogP contribution in [-0.4, -0.2) is 6.54 Å². The molecule has 2 rings (SSSR count). The molecule has 0 bridgehead atoms. The summed E-state index contributed by atoms with van der Waals surface area (Å²) in [7, 11) is 0. The quantitative estimate of drug-likeness (QED) is 0.619. The lowest BCUT2D eigenvalue weighted by Gasteiger charge is -2.01. The van der Waals surface area contributed by atoms with Crippen molar-refractivity contribution in [1.82, 2.24) is 0 Å².